The molecule has 0 aliphatic carbocycles. The van der Waals surface area contributed by atoms with Gasteiger partial charge in [0.25, 0.3) is 5.69 Å². The fraction of sp³-hybridized carbons (Fsp3) is 0.286. The highest BCUT2D eigenvalue weighted by molar-refractivity contribution is 9.09. The predicted octanol–water partition coefficient (Wildman–Crippen LogP) is 4.21. The van der Waals surface area contributed by atoms with Gasteiger partial charge in [-0.2, -0.15) is 0 Å². The van der Waals surface area contributed by atoms with Crippen molar-refractivity contribution in [1.82, 2.24) is 0 Å². The molecule has 2 rings (SSSR count). The number of benzene rings is 2. The molecule has 0 aromatic heterocycles. The summed E-state index contributed by atoms with van der Waals surface area (Å²) in [5.41, 5.74) is -0.681. The Morgan fingerprint density at radius 3 is 2.23 bits per heavy atom. The zero-order chi connectivity index (χ0) is 16.1. The van der Waals surface area contributed by atoms with Crippen molar-refractivity contribution in [2.75, 3.05) is 11.9 Å². The summed E-state index contributed by atoms with van der Waals surface area (Å²) in [6, 6.07) is 7.43. The van der Waals surface area contributed by atoms with E-state index in [0.29, 0.717) is 17.4 Å². The molecule has 8 heteroatoms. The molecule has 0 radical (unpaired) electrons. The van der Waals surface area contributed by atoms with Gasteiger partial charge in [-0.1, -0.05) is 34.1 Å². The van der Waals surface area contributed by atoms with Crippen molar-refractivity contribution in [2.24, 2.45) is 0 Å². The average molecular weight is 369 g/mol. The van der Waals surface area contributed by atoms with Crippen molar-refractivity contribution >= 4 is 38.1 Å². The van der Waals surface area contributed by atoms with Gasteiger partial charge in [-0.05, 0) is 18.9 Å². The third kappa shape index (κ3) is 3.33. The fourth-order valence-electron chi connectivity index (χ4n) is 2.12. The molecule has 0 aliphatic heterocycles. The van der Waals surface area contributed by atoms with Crippen molar-refractivity contribution in [2.45, 2.75) is 12.8 Å². The second-order valence-corrected chi connectivity index (χ2v) is 5.34. The zero-order valence-corrected chi connectivity index (χ0v) is 13.1. The minimum absolute atomic E-state index is 0.0840. The average Bonchev–Trinajstić information content (AvgIpc) is 2.50. The lowest BCUT2D eigenvalue weighted by Gasteiger charge is -2.10. The number of fused-ring (bicyclic) bond motifs is 1. The number of unbranched alkanes of at least 4 members (excludes halogenated alkanes) is 1. The molecule has 0 spiro atoms. The van der Waals surface area contributed by atoms with Crippen molar-refractivity contribution < 1.29 is 14.6 Å². The highest BCUT2D eigenvalue weighted by Crippen LogP contribution is 2.40. The van der Waals surface area contributed by atoms with Crippen molar-refractivity contribution in [3.8, 4) is 5.75 Å². The van der Waals surface area contributed by atoms with Gasteiger partial charge in [0.15, 0.2) is 0 Å². The minimum atomic E-state index is -0.654. The Balaban J connectivity index is 2.56. The van der Waals surface area contributed by atoms with Gasteiger partial charge in [0, 0.05) is 10.7 Å². The Morgan fingerprint density at radius 1 is 1.00 bits per heavy atom. The number of ether oxygens (including phenoxy) is 1. The molecule has 2 aromatic carbocycles. The van der Waals surface area contributed by atoms with E-state index < -0.39 is 9.85 Å². The van der Waals surface area contributed by atoms with Gasteiger partial charge in [0.05, 0.1) is 27.9 Å². The van der Waals surface area contributed by atoms with E-state index in [2.05, 4.69) is 15.9 Å². The van der Waals surface area contributed by atoms with E-state index in [1.165, 1.54) is 0 Å². The number of rotatable bonds is 7. The third-order valence-electron chi connectivity index (χ3n) is 3.12. The smallest absolute Gasteiger partial charge is 0.318 e. The van der Waals surface area contributed by atoms with Crippen LogP contribution in [0.3, 0.4) is 0 Å². The maximum Gasteiger partial charge on any atom is 0.318 e. The molecule has 0 fully saturated rings. The normalized spacial score (nSPS) is 10.6. The Labute approximate surface area is 134 Å². The van der Waals surface area contributed by atoms with Crippen LogP contribution in [-0.2, 0) is 0 Å². The van der Waals surface area contributed by atoms with Crippen LogP contribution in [0.2, 0.25) is 0 Å². The summed E-state index contributed by atoms with van der Waals surface area (Å²) in [5.74, 6) is 0.0840. The summed E-state index contributed by atoms with van der Waals surface area (Å²) in [6.07, 6.45) is 1.60. The molecule has 0 bridgehead atoms. The van der Waals surface area contributed by atoms with E-state index >= 15 is 0 Å². The fourth-order valence-corrected chi connectivity index (χ4v) is 2.52. The first-order chi connectivity index (χ1) is 10.6. The summed E-state index contributed by atoms with van der Waals surface area (Å²) < 4.78 is 5.56. The van der Waals surface area contributed by atoms with E-state index in [-0.39, 0.29) is 17.1 Å². The van der Waals surface area contributed by atoms with Crippen LogP contribution in [0.4, 0.5) is 11.4 Å². The second-order valence-electron chi connectivity index (χ2n) is 4.55. The van der Waals surface area contributed by atoms with E-state index in [9.17, 15) is 20.2 Å². The largest absolute Gasteiger partial charge is 0.486 e. The molecule has 0 aliphatic rings. The van der Waals surface area contributed by atoms with E-state index in [4.69, 9.17) is 4.74 Å². The topological polar surface area (TPSA) is 95.5 Å². The van der Waals surface area contributed by atoms with Gasteiger partial charge < -0.3 is 4.74 Å². The number of nitro benzene ring substituents is 2. The molecule has 0 heterocycles. The SMILES string of the molecule is O=[N+]([O-])c1cc([N+](=O)[O-])c2ccccc2c1OCCCCBr. The lowest BCUT2D eigenvalue weighted by Crippen LogP contribution is -2.03. The van der Waals surface area contributed by atoms with Gasteiger partial charge in [-0.25, -0.2) is 0 Å². The molecule has 22 heavy (non-hydrogen) atoms. The standard InChI is InChI=1S/C14H13BrN2O5/c15-7-3-4-8-22-14-11-6-2-1-5-10(11)12(16(18)19)9-13(14)17(20)21/h1-2,5-6,9H,3-4,7-8H2. The highest BCUT2D eigenvalue weighted by atomic mass is 79.9. The summed E-state index contributed by atoms with van der Waals surface area (Å²) in [6.45, 7) is 0.314. The van der Waals surface area contributed by atoms with Crippen LogP contribution in [0, 0.1) is 20.2 Å². The molecule has 0 saturated carbocycles. The summed E-state index contributed by atoms with van der Waals surface area (Å²) in [7, 11) is 0. The van der Waals surface area contributed by atoms with Crippen molar-refractivity contribution in [1.29, 1.82) is 0 Å². The Bertz CT molecular complexity index is 720. The highest BCUT2D eigenvalue weighted by Gasteiger charge is 2.26. The van der Waals surface area contributed by atoms with E-state index in [1.54, 1.807) is 24.3 Å². The van der Waals surface area contributed by atoms with Crippen LogP contribution in [0.1, 0.15) is 12.8 Å². The Kier molecular flexibility index (Phi) is 5.26. The van der Waals surface area contributed by atoms with E-state index in [1.807, 2.05) is 0 Å². The first-order valence-electron chi connectivity index (χ1n) is 6.59. The molecule has 2 aromatic rings. The zero-order valence-electron chi connectivity index (χ0n) is 11.5. The minimum Gasteiger partial charge on any atom is -0.486 e. The molecule has 0 saturated heterocycles. The maximum absolute atomic E-state index is 11.2. The first kappa shape index (κ1) is 16.2. The molecule has 0 atom stereocenters. The molecular formula is C14H13BrN2O5. The van der Waals surface area contributed by atoms with Gasteiger partial charge in [0.1, 0.15) is 0 Å². The van der Waals surface area contributed by atoms with Crippen LogP contribution < -0.4 is 4.74 Å². The number of nitrogens with zero attached hydrogens (tertiary/aromatic N) is 2. The Hall–Kier alpha value is -2.22. The van der Waals surface area contributed by atoms with Crippen LogP contribution in [-0.4, -0.2) is 21.8 Å². The van der Waals surface area contributed by atoms with Gasteiger partial charge in [-0.3, -0.25) is 20.2 Å². The van der Waals surface area contributed by atoms with Crippen LogP contribution in [0.15, 0.2) is 30.3 Å². The first-order valence-corrected chi connectivity index (χ1v) is 7.71. The van der Waals surface area contributed by atoms with Crippen molar-refractivity contribution in [3.63, 3.8) is 0 Å². The number of hydrogen-bond acceptors (Lipinski definition) is 5. The van der Waals surface area contributed by atoms with Crippen molar-refractivity contribution in [3.05, 3.63) is 50.6 Å². The van der Waals surface area contributed by atoms with Crippen LogP contribution >= 0.6 is 15.9 Å². The number of alkyl halides is 1. The molecule has 0 amide bonds. The monoisotopic (exact) mass is 368 g/mol. The molecule has 7 nitrogen and oxygen atoms in total. The molecule has 0 unspecified atom stereocenters. The Morgan fingerprint density at radius 2 is 1.64 bits per heavy atom. The lowest BCUT2D eigenvalue weighted by molar-refractivity contribution is -0.393. The summed E-state index contributed by atoms with van der Waals surface area (Å²) in [5, 5.41) is 23.9. The van der Waals surface area contributed by atoms with Crippen LogP contribution in [0.25, 0.3) is 10.8 Å². The maximum atomic E-state index is 11.2. The summed E-state index contributed by atoms with van der Waals surface area (Å²) >= 11 is 3.30. The number of non-ortho nitro benzene ring substituents is 1. The number of nitro groups is 2. The molecule has 0 N–H and O–H groups in total. The number of hydrogen-bond donors (Lipinski definition) is 0. The van der Waals surface area contributed by atoms with Gasteiger partial charge in [-0.15, -0.1) is 0 Å². The molecule has 116 valence electrons. The number of halogens is 1. The third-order valence-corrected chi connectivity index (χ3v) is 3.68. The van der Waals surface area contributed by atoms with Gasteiger partial charge in [0.2, 0.25) is 5.75 Å². The van der Waals surface area contributed by atoms with E-state index in [0.717, 1.165) is 24.2 Å². The predicted molar refractivity (Wildman–Crippen MR) is 85.8 cm³/mol. The van der Waals surface area contributed by atoms with Crippen LogP contribution in [0.5, 0.6) is 5.75 Å². The lowest BCUT2D eigenvalue weighted by atomic mass is 10.1. The second kappa shape index (κ2) is 7.17. The summed E-state index contributed by atoms with van der Waals surface area (Å²) in [4.78, 5) is 21.1. The quantitative estimate of drug-likeness (QED) is 0.315. The molecular weight excluding hydrogens is 356 g/mol. The van der Waals surface area contributed by atoms with Gasteiger partial charge >= 0.3 is 5.69 Å².